The zero-order valence-corrected chi connectivity index (χ0v) is 18.6. The first kappa shape index (κ1) is 23.0. The van der Waals surface area contributed by atoms with Gasteiger partial charge in [-0.05, 0) is 31.4 Å². The van der Waals surface area contributed by atoms with Crippen LogP contribution in [0.2, 0.25) is 0 Å². The molecule has 0 aliphatic carbocycles. The molecule has 2 N–H and O–H groups in total. The van der Waals surface area contributed by atoms with Crippen LogP contribution in [0.25, 0.3) is 0 Å². The lowest BCUT2D eigenvalue weighted by atomic mass is 10.0. The van der Waals surface area contributed by atoms with Crippen LogP contribution in [0.4, 0.5) is 0 Å². The van der Waals surface area contributed by atoms with E-state index in [2.05, 4.69) is 45.3 Å². The Bertz CT molecular complexity index is 667. The molecule has 7 heteroatoms. The van der Waals surface area contributed by atoms with E-state index in [1.165, 1.54) is 5.56 Å². The van der Waals surface area contributed by atoms with E-state index in [9.17, 15) is 4.79 Å². The maximum atomic E-state index is 11.9. The third-order valence-corrected chi connectivity index (χ3v) is 4.88. The second kappa shape index (κ2) is 11.7. The molecule has 1 aliphatic rings. The number of para-hydroxylation sites is 1. The molecule has 1 aromatic carbocycles. The molecule has 0 spiro atoms. The predicted octanol–water partition coefficient (Wildman–Crippen LogP) is 1.91. The van der Waals surface area contributed by atoms with Crippen LogP contribution in [-0.2, 0) is 4.79 Å². The Balaban J connectivity index is 1.73. The second-order valence-electron chi connectivity index (χ2n) is 8.00. The molecule has 162 valence electrons. The highest BCUT2D eigenvalue weighted by Gasteiger charge is 2.21. The Kier molecular flexibility index (Phi) is 9.25. The van der Waals surface area contributed by atoms with Crippen LogP contribution < -0.4 is 15.4 Å². The van der Waals surface area contributed by atoms with Gasteiger partial charge in [-0.15, -0.1) is 0 Å². The summed E-state index contributed by atoms with van der Waals surface area (Å²) < 4.78 is 5.98. The predicted molar refractivity (Wildman–Crippen MR) is 119 cm³/mol. The number of benzene rings is 1. The molecule has 0 bridgehead atoms. The third-order valence-electron chi connectivity index (χ3n) is 4.88. The highest BCUT2D eigenvalue weighted by Crippen LogP contribution is 2.25. The molecule has 0 unspecified atom stereocenters. The van der Waals surface area contributed by atoms with Gasteiger partial charge in [-0.2, -0.15) is 0 Å². The number of hydrogen-bond acceptors (Lipinski definition) is 4. The molecule has 0 atom stereocenters. The maximum Gasteiger partial charge on any atom is 0.234 e. The molecule has 1 heterocycles. The number of hydrogen-bond donors (Lipinski definition) is 2. The molecule has 1 aromatic rings. The van der Waals surface area contributed by atoms with Crippen molar-refractivity contribution in [1.29, 1.82) is 0 Å². The first-order chi connectivity index (χ1) is 13.9. The molecule has 1 saturated heterocycles. The van der Waals surface area contributed by atoms with Gasteiger partial charge in [-0.1, -0.05) is 32.0 Å². The quantitative estimate of drug-likeness (QED) is 0.394. The van der Waals surface area contributed by atoms with E-state index in [-0.39, 0.29) is 11.9 Å². The first-order valence-electron chi connectivity index (χ1n) is 10.6. The number of nitrogens with zero attached hydrogens (tertiary/aromatic N) is 3. The Morgan fingerprint density at radius 1 is 1.14 bits per heavy atom. The molecule has 0 aromatic heterocycles. The zero-order valence-electron chi connectivity index (χ0n) is 18.6. The molecular formula is C22H37N5O2. The lowest BCUT2D eigenvalue weighted by molar-refractivity contribution is -0.123. The van der Waals surface area contributed by atoms with E-state index in [0.29, 0.717) is 25.6 Å². The Labute approximate surface area is 175 Å². The SMILES string of the molecule is CN=C(NCCOc1ccccc1C(C)C)N1CCN(CC(=O)NC(C)C)CC1. The van der Waals surface area contributed by atoms with E-state index < -0.39 is 0 Å². The number of guanidine groups is 1. The van der Waals surface area contributed by atoms with Crippen LogP contribution in [-0.4, -0.2) is 80.6 Å². The molecule has 0 radical (unpaired) electrons. The van der Waals surface area contributed by atoms with Crippen molar-refractivity contribution < 1.29 is 9.53 Å². The fourth-order valence-corrected chi connectivity index (χ4v) is 3.43. The monoisotopic (exact) mass is 403 g/mol. The minimum atomic E-state index is 0.0924. The standard InChI is InChI=1S/C22H37N5O2/c1-17(2)19-8-6-7-9-20(19)29-15-10-24-22(23-5)27-13-11-26(12-14-27)16-21(28)25-18(3)4/h6-9,17-18H,10-16H2,1-5H3,(H,23,24)(H,25,28). The van der Waals surface area contributed by atoms with Crippen molar-refractivity contribution in [3.05, 3.63) is 29.8 Å². The van der Waals surface area contributed by atoms with Gasteiger partial charge in [-0.25, -0.2) is 0 Å². The average molecular weight is 404 g/mol. The van der Waals surface area contributed by atoms with Crippen molar-refractivity contribution >= 4 is 11.9 Å². The van der Waals surface area contributed by atoms with Gasteiger partial charge in [0.2, 0.25) is 5.91 Å². The fraction of sp³-hybridized carbons (Fsp3) is 0.636. The lowest BCUT2D eigenvalue weighted by Crippen LogP contribution is -2.54. The summed E-state index contributed by atoms with van der Waals surface area (Å²) in [5, 5.41) is 6.34. The van der Waals surface area contributed by atoms with Gasteiger partial charge < -0.3 is 20.3 Å². The van der Waals surface area contributed by atoms with Gasteiger partial charge in [0.05, 0.1) is 13.1 Å². The number of amides is 1. The minimum Gasteiger partial charge on any atom is -0.491 e. The second-order valence-corrected chi connectivity index (χ2v) is 8.00. The van der Waals surface area contributed by atoms with Crippen molar-refractivity contribution in [3.8, 4) is 5.75 Å². The lowest BCUT2D eigenvalue weighted by Gasteiger charge is -2.36. The van der Waals surface area contributed by atoms with Gasteiger partial charge in [0.1, 0.15) is 12.4 Å². The van der Waals surface area contributed by atoms with Gasteiger partial charge in [-0.3, -0.25) is 14.7 Å². The summed E-state index contributed by atoms with van der Waals surface area (Å²) in [6.45, 7) is 13.5. The summed E-state index contributed by atoms with van der Waals surface area (Å²) in [5.74, 6) is 2.37. The van der Waals surface area contributed by atoms with Crippen molar-refractivity contribution in [1.82, 2.24) is 20.4 Å². The molecule has 1 amide bonds. The van der Waals surface area contributed by atoms with E-state index in [1.54, 1.807) is 7.05 Å². The van der Waals surface area contributed by atoms with E-state index >= 15 is 0 Å². The van der Waals surface area contributed by atoms with Crippen LogP contribution >= 0.6 is 0 Å². The largest absolute Gasteiger partial charge is 0.491 e. The van der Waals surface area contributed by atoms with Crippen molar-refractivity contribution in [2.75, 3.05) is 52.9 Å². The number of ether oxygens (including phenoxy) is 1. The van der Waals surface area contributed by atoms with Crippen LogP contribution in [0.5, 0.6) is 5.75 Å². The summed E-state index contributed by atoms with van der Waals surface area (Å²) in [5.41, 5.74) is 1.23. The van der Waals surface area contributed by atoms with E-state index in [1.807, 2.05) is 32.0 Å². The molecule has 1 fully saturated rings. The van der Waals surface area contributed by atoms with Gasteiger partial charge in [0, 0.05) is 39.3 Å². The maximum absolute atomic E-state index is 11.9. The first-order valence-corrected chi connectivity index (χ1v) is 10.6. The topological polar surface area (TPSA) is 69.2 Å². The Morgan fingerprint density at radius 2 is 1.83 bits per heavy atom. The normalized spacial score (nSPS) is 15.7. The molecule has 2 rings (SSSR count). The summed E-state index contributed by atoms with van der Waals surface area (Å²) in [6, 6.07) is 8.39. The average Bonchev–Trinajstić information content (AvgIpc) is 2.68. The summed E-state index contributed by atoms with van der Waals surface area (Å²) >= 11 is 0. The van der Waals surface area contributed by atoms with Gasteiger partial charge in [0.25, 0.3) is 0 Å². The third kappa shape index (κ3) is 7.57. The number of nitrogens with one attached hydrogen (secondary N) is 2. The minimum absolute atomic E-state index is 0.0924. The molecular weight excluding hydrogens is 366 g/mol. The zero-order chi connectivity index (χ0) is 21.2. The van der Waals surface area contributed by atoms with Gasteiger partial charge >= 0.3 is 0 Å². The van der Waals surface area contributed by atoms with Crippen molar-refractivity contribution in [3.63, 3.8) is 0 Å². The molecule has 1 aliphatic heterocycles. The smallest absolute Gasteiger partial charge is 0.234 e. The van der Waals surface area contributed by atoms with Crippen molar-refractivity contribution in [2.45, 2.75) is 39.7 Å². The van der Waals surface area contributed by atoms with E-state index in [4.69, 9.17) is 4.74 Å². The van der Waals surface area contributed by atoms with Gasteiger partial charge in [0.15, 0.2) is 5.96 Å². The highest BCUT2D eigenvalue weighted by molar-refractivity contribution is 5.80. The molecule has 0 saturated carbocycles. The highest BCUT2D eigenvalue weighted by atomic mass is 16.5. The molecule has 7 nitrogen and oxygen atoms in total. The molecule has 29 heavy (non-hydrogen) atoms. The van der Waals surface area contributed by atoms with Crippen molar-refractivity contribution in [2.24, 2.45) is 4.99 Å². The Hall–Kier alpha value is -2.28. The van der Waals surface area contributed by atoms with Crippen LogP contribution in [0.3, 0.4) is 0 Å². The summed E-state index contributed by atoms with van der Waals surface area (Å²) in [6.07, 6.45) is 0. The number of piperazine rings is 1. The van der Waals surface area contributed by atoms with Crippen LogP contribution in [0, 0.1) is 0 Å². The summed E-state index contributed by atoms with van der Waals surface area (Å²) in [7, 11) is 1.81. The summed E-state index contributed by atoms with van der Waals surface area (Å²) in [4.78, 5) is 20.8. The number of rotatable bonds is 8. The van der Waals surface area contributed by atoms with E-state index in [0.717, 1.165) is 37.9 Å². The Morgan fingerprint density at radius 3 is 2.45 bits per heavy atom. The van der Waals surface area contributed by atoms with Crippen LogP contribution in [0.15, 0.2) is 29.3 Å². The fourth-order valence-electron chi connectivity index (χ4n) is 3.43. The number of carbonyl (C=O) groups is 1. The number of aliphatic imine (C=N–C) groups is 1. The van der Waals surface area contributed by atoms with Crippen LogP contribution in [0.1, 0.15) is 39.2 Å². The number of carbonyl (C=O) groups excluding carboxylic acids is 1.